The number of rotatable bonds is 16. The number of esters is 3. The molecule has 0 saturated carbocycles. The van der Waals surface area contributed by atoms with Gasteiger partial charge in [0.2, 0.25) is 0 Å². The number of hydrogen-bond donors (Lipinski definition) is 3. The molecule has 0 aromatic rings. The van der Waals surface area contributed by atoms with Gasteiger partial charge >= 0.3 is 17.9 Å². The zero-order chi connectivity index (χ0) is 22.1. The van der Waals surface area contributed by atoms with E-state index >= 15 is 0 Å². The highest BCUT2D eigenvalue weighted by Gasteiger charge is 2.34. The summed E-state index contributed by atoms with van der Waals surface area (Å²) in [7, 11) is 0. The molecule has 0 aromatic heterocycles. The fraction of sp³-hybridized carbons (Fsp3) is 0.778. The van der Waals surface area contributed by atoms with E-state index in [-0.39, 0.29) is 44.2 Å². The maximum atomic E-state index is 12.0. The van der Waals surface area contributed by atoms with Crippen LogP contribution in [0.2, 0.25) is 0 Å². The van der Waals surface area contributed by atoms with Gasteiger partial charge in [-0.2, -0.15) is 37.9 Å². The van der Waals surface area contributed by atoms with Gasteiger partial charge in [-0.1, -0.05) is 18.7 Å². The number of thioether (sulfide) groups is 1. The average Bonchev–Trinajstić information content (AvgIpc) is 2.68. The lowest BCUT2D eigenvalue weighted by Crippen LogP contribution is -2.39. The summed E-state index contributed by atoms with van der Waals surface area (Å²) >= 11 is 13.0. The van der Waals surface area contributed by atoms with Crippen LogP contribution in [0.3, 0.4) is 0 Å². The van der Waals surface area contributed by atoms with Crippen molar-refractivity contribution in [3.8, 4) is 0 Å². The van der Waals surface area contributed by atoms with Crippen LogP contribution in [0.25, 0.3) is 0 Å². The van der Waals surface area contributed by atoms with Gasteiger partial charge in [0.15, 0.2) is 5.12 Å². The molecule has 0 radical (unpaired) electrons. The van der Waals surface area contributed by atoms with Crippen molar-refractivity contribution in [3.63, 3.8) is 0 Å². The van der Waals surface area contributed by atoms with Crippen molar-refractivity contribution < 1.29 is 33.4 Å². The smallest absolute Gasteiger partial charge is 0.306 e. The van der Waals surface area contributed by atoms with E-state index in [0.717, 1.165) is 11.8 Å². The molecule has 0 N–H and O–H groups in total. The Balaban J connectivity index is 4.75. The molecule has 0 aliphatic rings. The first-order valence-electron chi connectivity index (χ1n) is 9.27. The molecule has 0 atom stereocenters. The molecule has 0 amide bonds. The van der Waals surface area contributed by atoms with Crippen molar-refractivity contribution in [2.75, 3.05) is 42.8 Å². The quantitative estimate of drug-likeness (QED) is 0.174. The van der Waals surface area contributed by atoms with E-state index in [1.54, 1.807) is 0 Å². The van der Waals surface area contributed by atoms with Crippen molar-refractivity contribution in [2.45, 2.75) is 39.0 Å². The van der Waals surface area contributed by atoms with Crippen molar-refractivity contribution in [2.24, 2.45) is 5.41 Å². The second-order valence-corrected chi connectivity index (χ2v) is 8.72. The van der Waals surface area contributed by atoms with Gasteiger partial charge in [-0.25, -0.2) is 0 Å². The van der Waals surface area contributed by atoms with Crippen molar-refractivity contribution in [3.05, 3.63) is 0 Å². The molecule has 0 bridgehead atoms. The van der Waals surface area contributed by atoms with E-state index < -0.39 is 23.3 Å². The van der Waals surface area contributed by atoms with Gasteiger partial charge in [-0.3, -0.25) is 19.2 Å². The molecule has 0 aromatic carbocycles. The van der Waals surface area contributed by atoms with Crippen LogP contribution >= 0.6 is 49.6 Å². The van der Waals surface area contributed by atoms with E-state index in [0.29, 0.717) is 35.9 Å². The number of carbonyl (C=O) groups excluding carboxylic acids is 4. The largest absolute Gasteiger partial charge is 0.465 e. The van der Waals surface area contributed by atoms with Gasteiger partial charge in [-0.15, -0.1) is 0 Å². The van der Waals surface area contributed by atoms with Crippen molar-refractivity contribution in [1.82, 2.24) is 0 Å². The van der Waals surface area contributed by atoms with Crippen LogP contribution in [0.5, 0.6) is 0 Å². The van der Waals surface area contributed by atoms with Crippen LogP contribution in [-0.2, 0) is 33.4 Å². The van der Waals surface area contributed by atoms with E-state index in [1.165, 1.54) is 0 Å². The molecule has 0 aliphatic carbocycles. The summed E-state index contributed by atoms with van der Waals surface area (Å²) in [6.45, 7) is 1.66. The Morgan fingerprint density at radius 3 is 1.52 bits per heavy atom. The highest BCUT2D eigenvalue weighted by atomic mass is 32.2. The molecular weight excluding hydrogens is 456 g/mol. The molecule has 0 rings (SSSR count). The maximum Gasteiger partial charge on any atom is 0.306 e. The van der Waals surface area contributed by atoms with Gasteiger partial charge < -0.3 is 14.2 Å². The molecule has 0 aliphatic heterocycles. The molecule has 0 heterocycles. The van der Waals surface area contributed by atoms with Crippen LogP contribution in [-0.4, -0.2) is 65.9 Å². The first-order valence-corrected chi connectivity index (χ1v) is 12.2. The standard InChI is InChI=1S/C18H30O7S4/c1-2-18(11-23-14(19)3-7-26,12-24-15(20)4-8-27)13-25-16(21)6-10-29-17(22)5-9-28/h26-28H,2-13H2,1H3. The number of thiol groups is 3. The van der Waals surface area contributed by atoms with Gasteiger partial charge in [0, 0.05) is 23.7 Å². The molecule has 0 unspecified atom stereocenters. The number of carbonyl (C=O) groups is 4. The molecule has 168 valence electrons. The lowest BCUT2D eigenvalue weighted by Gasteiger charge is -2.31. The van der Waals surface area contributed by atoms with Crippen molar-refractivity contribution in [1.29, 1.82) is 0 Å². The van der Waals surface area contributed by atoms with E-state index in [9.17, 15) is 19.2 Å². The third-order valence-corrected chi connectivity index (χ3v) is 5.49. The highest BCUT2D eigenvalue weighted by Crippen LogP contribution is 2.25. The molecule has 7 nitrogen and oxygen atoms in total. The van der Waals surface area contributed by atoms with Crippen LogP contribution in [0.4, 0.5) is 0 Å². The average molecular weight is 487 g/mol. The summed E-state index contributed by atoms with van der Waals surface area (Å²) < 4.78 is 15.9. The van der Waals surface area contributed by atoms with Crippen LogP contribution in [0.1, 0.15) is 39.0 Å². The number of ether oxygens (including phenoxy) is 3. The van der Waals surface area contributed by atoms with Gasteiger partial charge in [0.05, 0.1) is 24.7 Å². The molecule has 29 heavy (non-hydrogen) atoms. The summed E-state index contributed by atoms with van der Waals surface area (Å²) in [5.41, 5.74) is -0.844. The van der Waals surface area contributed by atoms with Gasteiger partial charge in [0.1, 0.15) is 19.8 Å². The summed E-state index contributed by atoms with van der Waals surface area (Å²) in [5.74, 6) is 0.166. The topological polar surface area (TPSA) is 96.0 Å². The highest BCUT2D eigenvalue weighted by molar-refractivity contribution is 8.13. The third kappa shape index (κ3) is 14.2. The SMILES string of the molecule is CCC(COC(=O)CCS)(COC(=O)CCS)COC(=O)CCSC(=O)CCS. The van der Waals surface area contributed by atoms with E-state index in [1.807, 2.05) is 6.92 Å². The second kappa shape index (κ2) is 17.2. The normalized spacial score (nSPS) is 11.0. The molecule has 0 fully saturated rings. The zero-order valence-corrected chi connectivity index (χ0v) is 20.1. The fourth-order valence-corrected chi connectivity index (χ4v) is 3.41. The summed E-state index contributed by atoms with van der Waals surface area (Å²) in [6.07, 6.45) is 1.18. The Morgan fingerprint density at radius 2 is 1.14 bits per heavy atom. The van der Waals surface area contributed by atoms with E-state index in [2.05, 4.69) is 37.9 Å². The van der Waals surface area contributed by atoms with Gasteiger partial charge in [-0.05, 0) is 12.2 Å². The minimum Gasteiger partial charge on any atom is -0.465 e. The van der Waals surface area contributed by atoms with E-state index in [4.69, 9.17) is 14.2 Å². The molecular formula is C18H30O7S4. The Bertz CT molecular complexity index is 506. The fourth-order valence-electron chi connectivity index (χ4n) is 1.94. The van der Waals surface area contributed by atoms with Crippen LogP contribution in [0, 0.1) is 5.41 Å². The summed E-state index contributed by atoms with van der Waals surface area (Å²) in [6, 6.07) is 0. The van der Waals surface area contributed by atoms with Gasteiger partial charge in [0.25, 0.3) is 0 Å². The monoisotopic (exact) mass is 486 g/mol. The summed E-state index contributed by atoms with van der Waals surface area (Å²) in [5, 5.41) is -0.0251. The Labute approximate surface area is 193 Å². The predicted molar refractivity (Wildman–Crippen MR) is 123 cm³/mol. The van der Waals surface area contributed by atoms with Crippen LogP contribution in [0.15, 0.2) is 0 Å². The molecule has 0 spiro atoms. The zero-order valence-electron chi connectivity index (χ0n) is 16.6. The van der Waals surface area contributed by atoms with Crippen LogP contribution < -0.4 is 0 Å². The lowest BCUT2D eigenvalue weighted by atomic mass is 9.88. The minimum absolute atomic E-state index is 0.0251. The minimum atomic E-state index is -0.844. The maximum absolute atomic E-state index is 12.0. The Kier molecular flexibility index (Phi) is 16.9. The first kappa shape index (κ1) is 28.5. The summed E-state index contributed by atoms with van der Waals surface area (Å²) in [4.78, 5) is 46.9. The predicted octanol–water partition coefficient (Wildman–Crippen LogP) is 2.62. The lowest BCUT2D eigenvalue weighted by molar-refractivity contribution is -0.161. The molecule has 0 saturated heterocycles. The molecule has 11 heteroatoms. The second-order valence-electron chi connectivity index (χ2n) is 6.23. The Morgan fingerprint density at radius 1 is 0.724 bits per heavy atom. The van der Waals surface area contributed by atoms with Crippen molar-refractivity contribution >= 4 is 72.7 Å². The Hall–Kier alpha value is -0.520. The third-order valence-electron chi connectivity index (χ3n) is 3.89. The number of hydrogen-bond acceptors (Lipinski definition) is 11. The first-order chi connectivity index (χ1) is 13.8.